The molecule has 0 bridgehead atoms. The third kappa shape index (κ3) is 5.39. The predicted molar refractivity (Wildman–Crippen MR) is 92.4 cm³/mol. The molecule has 2 rings (SSSR count). The number of hydrogen-bond acceptors (Lipinski definition) is 6. The van der Waals surface area contributed by atoms with Gasteiger partial charge in [-0.05, 0) is 17.7 Å². The number of rotatable bonds is 7. The molecule has 130 valence electrons. The van der Waals surface area contributed by atoms with E-state index in [0.717, 1.165) is 0 Å². The molecule has 8 heteroatoms. The first-order valence-corrected chi connectivity index (χ1v) is 8.35. The Kier molecular flexibility index (Phi) is 6.64. The summed E-state index contributed by atoms with van der Waals surface area (Å²) in [5.74, 6) is -1.15. The molecule has 0 amide bonds. The van der Waals surface area contributed by atoms with Crippen molar-refractivity contribution in [2.75, 3.05) is 11.9 Å². The second-order valence-corrected chi connectivity index (χ2v) is 5.49. The Labute approximate surface area is 151 Å². The first-order chi connectivity index (χ1) is 12.0. The molecule has 0 saturated carbocycles. The van der Waals surface area contributed by atoms with E-state index in [1.54, 1.807) is 24.3 Å². The van der Waals surface area contributed by atoms with E-state index in [2.05, 4.69) is 15.9 Å². The van der Waals surface area contributed by atoms with Gasteiger partial charge in [0.1, 0.15) is 11.9 Å². The van der Waals surface area contributed by atoms with Gasteiger partial charge in [-0.15, -0.1) is 0 Å². The molecular weight excluding hydrogens is 394 g/mol. The number of halogens is 1. The number of alkyl halides is 1. The Morgan fingerprint density at radius 1 is 1.08 bits per heavy atom. The van der Waals surface area contributed by atoms with Crippen LogP contribution >= 0.6 is 15.9 Å². The van der Waals surface area contributed by atoms with E-state index in [0.29, 0.717) is 5.56 Å². The molecule has 0 saturated heterocycles. The van der Waals surface area contributed by atoms with Crippen molar-refractivity contribution in [2.45, 2.75) is 6.10 Å². The zero-order valence-electron chi connectivity index (χ0n) is 13.0. The van der Waals surface area contributed by atoms with E-state index < -0.39 is 23.0 Å². The summed E-state index contributed by atoms with van der Waals surface area (Å²) in [6.07, 6.45) is -0.785. The van der Waals surface area contributed by atoms with Gasteiger partial charge < -0.3 is 9.47 Å². The van der Waals surface area contributed by atoms with Crippen LogP contribution in [0.15, 0.2) is 54.6 Å². The average Bonchev–Trinajstić information content (AvgIpc) is 2.65. The number of carbonyl (C=O) groups excluding carboxylic acids is 2. The number of hydrogen-bond donors (Lipinski definition) is 0. The van der Waals surface area contributed by atoms with Crippen molar-refractivity contribution in [3.63, 3.8) is 0 Å². The summed E-state index contributed by atoms with van der Waals surface area (Å²) in [5.41, 5.74) is 0.709. The molecule has 2 aromatic rings. The Hall–Kier alpha value is -2.74. The SMILES string of the molecule is O=C(CBr)OCC(OC(=O)c1ccc([N+](=O)[O-])cc1)c1ccccc1. The molecule has 0 heterocycles. The number of carbonyl (C=O) groups is 2. The maximum Gasteiger partial charge on any atom is 0.338 e. The van der Waals surface area contributed by atoms with Crippen molar-refractivity contribution in [2.24, 2.45) is 0 Å². The summed E-state index contributed by atoms with van der Waals surface area (Å²) in [5, 5.41) is 10.7. The maximum atomic E-state index is 12.3. The molecule has 0 radical (unpaired) electrons. The monoisotopic (exact) mass is 407 g/mol. The Morgan fingerprint density at radius 3 is 2.28 bits per heavy atom. The van der Waals surface area contributed by atoms with Gasteiger partial charge in [0.15, 0.2) is 6.10 Å². The van der Waals surface area contributed by atoms with Crippen molar-refractivity contribution in [1.82, 2.24) is 0 Å². The first kappa shape index (κ1) is 18.6. The van der Waals surface area contributed by atoms with Crippen LogP contribution in [0.3, 0.4) is 0 Å². The number of nitro benzene ring substituents is 1. The van der Waals surface area contributed by atoms with Gasteiger partial charge in [-0.2, -0.15) is 0 Å². The zero-order chi connectivity index (χ0) is 18.2. The number of esters is 2. The molecule has 0 fully saturated rings. The summed E-state index contributed by atoms with van der Waals surface area (Å²) in [6.45, 7) is -0.132. The van der Waals surface area contributed by atoms with Crippen molar-refractivity contribution < 1.29 is 24.0 Å². The highest BCUT2D eigenvalue weighted by Gasteiger charge is 2.20. The molecule has 7 nitrogen and oxygen atoms in total. The summed E-state index contributed by atoms with van der Waals surface area (Å²) < 4.78 is 10.5. The van der Waals surface area contributed by atoms with Crippen LogP contribution in [0.2, 0.25) is 0 Å². The lowest BCUT2D eigenvalue weighted by atomic mass is 10.1. The minimum atomic E-state index is -0.785. The minimum absolute atomic E-state index is 0.0325. The van der Waals surface area contributed by atoms with Crippen molar-refractivity contribution in [3.8, 4) is 0 Å². The number of non-ortho nitro benzene ring substituents is 1. The fraction of sp³-hybridized carbons (Fsp3) is 0.176. The van der Waals surface area contributed by atoms with Crippen LogP contribution in [0.1, 0.15) is 22.0 Å². The van der Waals surface area contributed by atoms with Crippen LogP contribution in [-0.2, 0) is 14.3 Å². The molecule has 2 aromatic carbocycles. The highest BCUT2D eigenvalue weighted by Crippen LogP contribution is 2.21. The summed E-state index contributed by atoms with van der Waals surface area (Å²) in [7, 11) is 0. The van der Waals surface area contributed by atoms with E-state index in [4.69, 9.17) is 9.47 Å². The standard InChI is InChI=1S/C17H14BrNO6/c18-10-16(20)24-11-15(12-4-2-1-3-5-12)25-17(21)13-6-8-14(9-7-13)19(22)23/h1-9,15H,10-11H2. The van der Waals surface area contributed by atoms with Gasteiger partial charge in [-0.1, -0.05) is 46.3 Å². The van der Waals surface area contributed by atoms with Gasteiger partial charge in [0.05, 0.1) is 10.5 Å². The van der Waals surface area contributed by atoms with E-state index >= 15 is 0 Å². The normalized spacial score (nSPS) is 11.4. The first-order valence-electron chi connectivity index (χ1n) is 7.23. The molecule has 0 N–H and O–H groups in total. The van der Waals surface area contributed by atoms with Crippen molar-refractivity contribution >= 4 is 33.6 Å². The van der Waals surface area contributed by atoms with E-state index in [-0.39, 0.29) is 23.2 Å². The quantitative estimate of drug-likeness (QED) is 0.302. The molecule has 0 aliphatic rings. The highest BCUT2D eigenvalue weighted by atomic mass is 79.9. The topological polar surface area (TPSA) is 95.7 Å². The van der Waals surface area contributed by atoms with Gasteiger partial charge in [0.25, 0.3) is 5.69 Å². The number of ether oxygens (including phenoxy) is 2. The Balaban J connectivity index is 2.13. The number of benzene rings is 2. The van der Waals surface area contributed by atoms with Gasteiger partial charge in [0.2, 0.25) is 0 Å². The molecule has 0 spiro atoms. The van der Waals surface area contributed by atoms with Crippen molar-refractivity contribution in [3.05, 3.63) is 75.8 Å². The minimum Gasteiger partial charge on any atom is -0.461 e. The summed E-state index contributed by atoms with van der Waals surface area (Å²) >= 11 is 2.99. The van der Waals surface area contributed by atoms with Crippen LogP contribution in [0, 0.1) is 10.1 Å². The lowest BCUT2D eigenvalue weighted by Crippen LogP contribution is -2.19. The second-order valence-electron chi connectivity index (χ2n) is 4.93. The van der Waals surface area contributed by atoms with Gasteiger partial charge >= 0.3 is 11.9 Å². The van der Waals surface area contributed by atoms with Gasteiger partial charge in [0, 0.05) is 12.1 Å². The third-order valence-corrected chi connectivity index (χ3v) is 3.70. The van der Waals surface area contributed by atoms with Crippen LogP contribution in [0.5, 0.6) is 0 Å². The van der Waals surface area contributed by atoms with E-state index in [9.17, 15) is 19.7 Å². The molecule has 1 unspecified atom stereocenters. The molecular formula is C17H14BrNO6. The van der Waals surface area contributed by atoms with Gasteiger partial charge in [-0.3, -0.25) is 14.9 Å². The Morgan fingerprint density at radius 2 is 1.72 bits per heavy atom. The smallest absolute Gasteiger partial charge is 0.338 e. The summed E-state index contributed by atoms with van der Waals surface area (Å²) in [6, 6.07) is 13.9. The van der Waals surface area contributed by atoms with Crippen molar-refractivity contribution in [1.29, 1.82) is 0 Å². The zero-order valence-corrected chi connectivity index (χ0v) is 14.5. The van der Waals surface area contributed by atoms with Crippen LogP contribution in [0.25, 0.3) is 0 Å². The van der Waals surface area contributed by atoms with E-state index in [1.165, 1.54) is 24.3 Å². The molecule has 0 aliphatic heterocycles. The average molecular weight is 408 g/mol. The fourth-order valence-corrected chi connectivity index (χ4v) is 2.15. The lowest BCUT2D eigenvalue weighted by molar-refractivity contribution is -0.384. The third-order valence-electron chi connectivity index (χ3n) is 3.24. The Bertz CT molecular complexity index is 747. The largest absolute Gasteiger partial charge is 0.461 e. The van der Waals surface area contributed by atoms with E-state index in [1.807, 2.05) is 6.07 Å². The molecule has 1 atom stereocenters. The van der Waals surface area contributed by atoms with Crippen LogP contribution in [-0.4, -0.2) is 28.8 Å². The number of nitrogens with zero attached hydrogens (tertiary/aromatic N) is 1. The summed E-state index contributed by atoms with van der Waals surface area (Å²) in [4.78, 5) is 33.7. The van der Waals surface area contributed by atoms with Crippen LogP contribution < -0.4 is 0 Å². The fourth-order valence-electron chi connectivity index (χ4n) is 1.99. The lowest BCUT2D eigenvalue weighted by Gasteiger charge is -2.18. The van der Waals surface area contributed by atoms with Gasteiger partial charge in [-0.25, -0.2) is 4.79 Å². The molecule has 0 aromatic heterocycles. The second kappa shape index (κ2) is 8.93. The van der Waals surface area contributed by atoms with Crippen LogP contribution in [0.4, 0.5) is 5.69 Å². The number of nitro groups is 1. The highest BCUT2D eigenvalue weighted by molar-refractivity contribution is 9.09. The predicted octanol–water partition coefficient (Wildman–Crippen LogP) is 3.43. The molecule has 25 heavy (non-hydrogen) atoms. The maximum absolute atomic E-state index is 12.3. The molecule has 0 aliphatic carbocycles.